The molecule has 0 radical (unpaired) electrons. The molecule has 6 heteroatoms. The van der Waals surface area contributed by atoms with Gasteiger partial charge >= 0.3 is 5.97 Å². The van der Waals surface area contributed by atoms with E-state index in [0.717, 1.165) is 42.1 Å². The second kappa shape index (κ2) is 5.81. The highest BCUT2D eigenvalue weighted by Crippen LogP contribution is 2.30. The van der Waals surface area contributed by atoms with Gasteiger partial charge in [0.25, 0.3) is 0 Å². The number of aromatic nitrogens is 2. The number of benzene rings is 1. The quantitative estimate of drug-likeness (QED) is 0.683. The van der Waals surface area contributed by atoms with Crippen molar-refractivity contribution in [2.75, 3.05) is 26.4 Å². The molecule has 0 bridgehead atoms. The fourth-order valence-electron chi connectivity index (χ4n) is 2.82. The summed E-state index contributed by atoms with van der Waals surface area (Å²) in [7, 11) is 3.49. The van der Waals surface area contributed by atoms with Gasteiger partial charge in [-0.3, -0.25) is 9.48 Å². The zero-order chi connectivity index (χ0) is 15.7. The highest BCUT2D eigenvalue weighted by atomic mass is 16.5. The molecular formula is C16H20N4O2. The molecule has 1 aromatic carbocycles. The van der Waals surface area contributed by atoms with Gasteiger partial charge in [0.05, 0.1) is 12.8 Å². The Morgan fingerprint density at radius 1 is 1.36 bits per heavy atom. The number of hydrogen-bond acceptors (Lipinski definition) is 5. The number of ether oxygens (including phenoxy) is 1. The van der Waals surface area contributed by atoms with E-state index in [2.05, 4.69) is 17.0 Å². The summed E-state index contributed by atoms with van der Waals surface area (Å²) in [6.45, 7) is 1.94. The lowest BCUT2D eigenvalue weighted by molar-refractivity contribution is -0.141. The van der Waals surface area contributed by atoms with E-state index in [-0.39, 0.29) is 12.5 Å². The molecule has 0 fully saturated rings. The molecule has 0 amide bonds. The number of carbonyl (C=O) groups excluding carboxylic acids is 1. The number of nitrogens with zero attached hydrogens (tertiary/aromatic N) is 3. The zero-order valence-electron chi connectivity index (χ0n) is 12.9. The van der Waals surface area contributed by atoms with Crippen LogP contribution in [0.1, 0.15) is 11.3 Å². The molecule has 0 atom stereocenters. The lowest BCUT2D eigenvalue weighted by Gasteiger charge is -2.23. The molecule has 0 saturated heterocycles. The fourth-order valence-corrected chi connectivity index (χ4v) is 2.82. The summed E-state index contributed by atoms with van der Waals surface area (Å²) in [5, 5.41) is 4.66. The van der Waals surface area contributed by atoms with E-state index < -0.39 is 0 Å². The van der Waals surface area contributed by atoms with Crippen molar-refractivity contribution in [2.24, 2.45) is 0 Å². The standard InChI is InChI=1S/C16H20N4O2/c1-19-8-7-14-13(9-19)16(11-3-5-12(17)6-4-11)18-20(14)10-15(21)22-2/h3-6H,7-10,17H2,1-2H3. The maximum absolute atomic E-state index is 11.6. The van der Waals surface area contributed by atoms with E-state index in [1.54, 1.807) is 4.68 Å². The molecule has 6 nitrogen and oxygen atoms in total. The Balaban J connectivity index is 2.05. The molecule has 2 aromatic rings. The SMILES string of the molecule is COC(=O)Cn1nc(-c2ccc(N)cc2)c2c1CCN(C)C2. The number of likely N-dealkylation sites (N-methyl/N-ethyl adjacent to an activating group) is 1. The smallest absolute Gasteiger partial charge is 0.327 e. The molecule has 0 aliphatic carbocycles. The van der Waals surface area contributed by atoms with Crippen LogP contribution < -0.4 is 5.73 Å². The third kappa shape index (κ3) is 2.69. The van der Waals surface area contributed by atoms with Gasteiger partial charge in [0.15, 0.2) is 0 Å². The van der Waals surface area contributed by atoms with Crippen LogP contribution >= 0.6 is 0 Å². The van der Waals surface area contributed by atoms with Crippen molar-refractivity contribution in [3.8, 4) is 11.3 Å². The van der Waals surface area contributed by atoms with Crippen LogP contribution in [0.3, 0.4) is 0 Å². The Labute approximate surface area is 129 Å². The Morgan fingerprint density at radius 2 is 2.09 bits per heavy atom. The number of hydrogen-bond donors (Lipinski definition) is 1. The summed E-state index contributed by atoms with van der Waals surface area (Å²) in [5.74, 6) is -0.284. The highest BCUT2D eigenvalue weighted by Gasteiger charge is 2.24. The summed E-state index contributed by atoms with van der Waals surface area (Å²) < 4.78 is 6.55. The van der Waals surface area contributed by atoms with Gasteiger partial charge < -0.3 is 15.4 Å². The predicted molar refractivity (Wildman–Crippen MR) is 84.1 cm³/mol. The molecule has 116 valence electrons. The number of nitrogens with two attached hydrogens (primary N) is 1. The number of anilines is 1. The van der Waals surface area contributed by atoms with Gasteiger partial charge in [0.2, 0.25) is 0 Å². The van der Waals surface area contributed by atoms with Gasteiger partial charge in [0, 0.05) is 42.0 Å². The molecule has 3 rings (SSSR count). The summed E-state index contributed by atoms with van der Waals surface area (Å²) >= 11 is 0. The summed E-state index contributed by atoms with van der Waals surface area (Å²) in [6.07, 6.45) is 0.880. The van der Waals surface area contributed by atoms with Crippen molar-refractivity contribution in [3.63, 3.8) is 0 Å². The van der Waals surface area contributed by atoms with Gasteiger partial charge in [-0.05, 0) is 19.2 Å². The Bertz CT molecular complexity index is 691. The van der Waals surface area contributed by atoms with Crippen LogP contribution in [0.5, 0.6) is 0 Å². The number of rotatable bonds is 3. The number of carbonyl (C=O) groups is 1. The molecule has 1 aromatic heterocycles. The van der Waals surface area contributed by atoms with Crippen molar-refractivity contribution >= 4 is 11.7 Å². The molecule has 0 spiro atoms. The molecule has 2 N–H and O–H groups in total. The van der Waals surface area contributed by atoms with Crippen molar-refractivity contribution in [1.29, 1.82) is 0 Å². The lowest BCUT2D eigenvalue weighted by Crippen LogP contribution is -2.28. The highest BCUT2D eigenvalue weighted by molar-refractivity contribution is 5.70. The largest absolute Gasteiger partial charge is 0.468 e. The minimum atomic E-state index is -0.284. The summed E-state index contributed by atoms with van der Waals surface area (Å²) in [6, 6.07) is 7.67. The number of esters is 1. The Morgan fingerprint density at radius 3 is 2.77 bits per heavy atom. The van der Waals surface area contributed by atoms with E-state index in [4.69, 9.17) is 10.5 Å². The first-order valence-electron chi connectivity index (χ1n) is 7.28. The minimum absolute atomic E-state index is 0.150. The first-order chi connectivity index (χ1) is 10.6. The molecule has 1 aliphatic heterocycles. The predicted octanol–water partition coefficient (Wildman–Crippen LogP) is 1.29. The topological polar surface area (TPSA) is 73.4 Å². The monoisotopic (exact) mass is 300 g/mol. The second-order valence-corrected chi connectivity index (χ2v) is 5.62. The second-order valence-electron chi connectivity index (χ2n) is 5.62. The van der Waals surface area contributed by atoms with Crippen molar-refractivity contribution < 1.29 is 9.53 Å². The molecular weight excluding hydrogens is 280 g/mol. The van der Waals surface area contributed by atoms with Crippen LogP contribution in [0.4, 0.5) is 5.69 Å². The number of nitrogen functional groups attached to an aromatic ring is 1. The lowest BCUT2D eigenvalue weighted by atomic mass is 10.0. The minimum Gasteiger partial charge on any atom is -0.468 e. The molecule has 22 heavy (non-hydrogen) atoms. The third-order valence-corrected chi connectivity index (χ3v) is 4.02. The van der Waals surface area contributed by atoms with Crippen molar-refractivity contribution in [1.82, 2.24) is 14.7 Å². The maximum Gasteiger partial charge on any atom is 0.327 e. The third-order valence-electron chi connectivity index (χ3n) is 4.02. The Hall–Kier alpha value is -2.34. The number of methoxy groups -OCH3 is 1. The van der Waals surface area contributed by atoms with Crippen LogP contribution in [0.25, 0.3) is 11.3 Å². The van der Waals surface area contributed by atoms with E-state index in [1.807, 2.05) is 24.3 Å². The van der Waals surface area contributed by atoms with Gasteiger partial charge in [-0.15, -0.1) is 0 Å². The molecule has 1 aliphatic rings. The average molecular weight is 300 g/mol. The maximum atomic E-state index is 11.6. The summed E-state index contributed by atoms with van der Waals surface area (Å²) in [5.41, 5.74) is 10.7. The van der Waals surface area contributed by atoms with E-state index in [1.165, 1.54) is 12.7 Å². The van der Waals surface area contributed by atoms with Crippen LogP contribution in [0, 0.1) is 0 Å². The van der Waals surface area contributed by atoms with Crippen LogP contribution in [0.2, 0.25) is 0 Å². The van der Waals surface area contributed by atoms with Crippen LogP contribution in [-0.2, 0) is 29.0 Å². The molecule has 2 heterocycles. The first-order valence-corrected chi connectivity index (χ1v) is 7.28. The van der Waals surface area contributed by atoms with Gasteiger partial charge in [-0.2, -0.15) is 5.10 Å². The van der Waals surface area contributed by atoms with Gasteiger partial charge in [-0.25, -0.2) is 0 Å². The van der Waals surface area contributed by atoms with Crippen molar-refractivity contribution in [3.05, 3.63) is 35.5 Å². The van der Waals surface area contributed by atoms with Crippen LogP contribution in [0.15, 0.2) is 24.3 Å². The van der Waals surface area contributed by atoms with E-state index in [9.17, 15) is 4.79 Å². The molecule has 0 saturated carbocycles. The molecule has 0 unspecified atom stereocenters. The van der Waals surface area contributed by atoms with E-state index >= 15 is 0 Å². The normalized spacial score (nSPS) is 14.6. The number of fused-ring (bicyclic) bond motifs is 1. The summed E-state index contributed by atoms with van der Waals surface area (Å²) in [4.78, 5) is 13.9. The average Bonchev–Trinajstić information content (AvgIpc) is 2.85. The van der Waals surface area contributed by atoms with Gasteiger partial charge in [0.1, 0.15) is 6.54 Å². The fraction of sp³-hybridized carbons (Fsp3) is 0.375. The van der Waals surface area contributed by atoms with Gasteiger partial charge in [-0.1, -0.05) is 12.1 Å². The zero-order valence-corrected chi connectivity index (χ0v) is 12.9. The van der Waals surface area contributed by atoms with Crippen LogP contribution in [-0.4, -0.2) is 41.4 Å². The first kappa shape index (κ1) is 14.6. The Kier molecular flexibility index (Phi) is 3.85. The van der Waals surface area contributed by atoms with Crippen molar-refractivity contribution in [2.45, 2.75) is 19.5 Å². The van der Waals surface area contributed by atoms with E-state index in [0.29, 0.717) is 0 Å².